The van der Waals surface area contributed by atoms with Crippen LogP contribution in [0, 0.1) is 11.6 Å². The molecule has 0 saturated heterocycles. The van der Waals surface area contributed by atoms with Gasteiger partial charge in [0.1, 0.15) is 0 Å². The molecule has 0 spiro atoms. The monoisotopic (exact) mass is 388 g/mol. The Kier molecular flexibility index (Phi) is 5.95. The normalized spacial score (nSPS) is 10.8. The van der Waals surface area contributed by atoms with E-state index in [-0.39, 0.29) is 17.2 Å². The van der Waals surface area contributed by atoms with Crippen molar-refractivity contribution in [2.24, 2.45) is 0 Å². The number of hydrogen-bond donors (Lipinski definition) is 2. The number of amides is 2. The van der Waals surface area contributed by atoms with Crippen LogP contribution < -0.4 is 10.6 Å². The summed E-state index contributed by atoms with van der Waals surface area (Å²) in [4.78, 5) is 29.2. The van der Waals surface area contributed by atoms with Gasteiger partial charge in [0, 0.05) is 38.2 Å². The fourth-order valence-corrected chi connectivity index (χ4v) is 2.63. The van der Waals surface area contributed by atoms with Crippen molar-refractivity contribution in [2.45, 2.75) is 6.42 Å². The van der Waals surface area contributed by atoms with Crippen LogP contribution in [0.4, 0.5) is 14.5 Å². The van der Waals surface area contributed by atoms with E-state index in [2.05, 4.69) is 15.6 Å². The number of anilines is 1. The van der Waals surface area contributed by atoms with E-state index < -0.39 is 23.4 Å². The predicted molar refractivity (Wildman–Crippen MR) is 98.3 cm³/mol. The summed E-state index contributed by atoms with van der Waals surface area (Å²) >= 11 is 0. The fraction of sp³-hybridized carbons (Fsp3) is 0.211. The lowest BCUT2D eigenvalue weighted by Crippen LogP contribution is -2.27. The van der Waals surface area contributed by atoms with Crippen molar-refractivity contribution in [3.8, 4) is 0 Å². The molecule has 0 unspecified atom stereocenters. The first-order valence-electron chi connectivity index (χ1n) is 8.52. The van der Waals surface area contributed by atoms with Gasteiger partial charge in [0.2, 0.25) is 5.82 Å². The van der Waals surface area contributed by atoms with Crippen LogP contribution in [0.5, 0.6) is 0 Å². The van der Waals surface area contributed by atoms with Gasteiger partial charge in [-0.2, -0.15) is 0 Å². The number of hydrogen-bond acceptors (Lipinski definition) is 4. The lowest BCUT2D eigenvalue weighted by molar-refractivity contribution is 0.0937. The molecule has 3 aromatic rings. The molecule has 0 aliphatic heterocycles. The van der Waals surface area contributed by atoms with Gasteiger partial charge in [-0.1, -0.05) is 6.07 Å². The van der Waals surface area contributed by atoms with E-state index in [1.165, 1.54) is 10.5 Å². The smallest absolute Gasteiger partial charge is 0.287 e. The molecule has 0 aliphatic carbocycles. The zero-order chi connectivity index (χ0) is 20.1. The molecule has 0 atom stereocenters. The average Bonchev–Trinajstić information content (AvgIpc) is 3.08. The van der Waals surface area contributed by atoms with Crippen molar-refractivity contribution < 1.29 is 23.1 Å². The number of methoxy groups -OCH3 is 1. The number of aromatic nitrogens is 2. The highest BCUT2D eigenvalue weighted by molar-refractivity contribution is 6.08. The van der Waals surface area contributed by atoms with Crippen LogP contribution in [0.2, 0.25) is 0 Å². The molecule has 2 N–H and O–H groups in total. The number of nitrogens with zero attached hydrogens (tertiary/aromatic N) is 2. The number of benzene rings is 1. The van der Waals surface area contributed by atoms with Crippen LogP contribution in [0.3, 0.4) is 0 Å². The molecule has 0 fully saturated rings. The third-order valence-corrected chi connectivity index (χ3v) is 3.95. The van der Waals surface area contributed by atoms with Gasteiger partial charge < -0.3 is 15.4 Å². The average molecular weight is 388 g/mol. The Morgan fingerprint density at radius 1 is 1.14 bits per heavy atom. The summed E-state index contributed by atoms with van der Waals surface area (Å²) in [5.74, 6) is -3.14. The van der Waals surface area contributed by atoms with E-state index in [9.17, 15) is 18.4 Å². The topological polar surface area (TPSA) is 84.7 Å². The van der Waals surface area contributed by atoms with E-state index in [0.717, 1.165) is 12.1 Å². The molecular weight excluding hydrogens is 370 g/mol. The Morgan fingerprint density at radius 2 is 1.96 bits per heavy atom. The summed E-state index contributed by atoms with van der Waals surface area (Å²) in [5.41, 5.74) is 0.476. The van der Waals surface area contributed by atoms with E-state index in [1.54, 1.807) is 31.5 Å². The zero-order valence-electron chi connectivity index (χ0n) is 15.0. The number of carbonyl (C=O) groups excluding carboxylic acids is 2. The number of pyridine rings is 1. The molecule has 2 aromatic heterocycles. The van der Waals surface area contributed by atoms with Gasteiger partial charge >= 0.3 is 0 Å². The number of fused-ring (bicyclic) bond motifs is 1. The minimum Gasteiger partial charge on any atom is -0.385 e. The number of carbonyl (C=O) groups is 2. The Labute approximate surface area is 159 Å². The highest BCUT2D eigenvalue weighted by Crippen LogP contribution is 2.17. The number of halogens is 2. The Bertz CT molecular complexity index is 1020. The maximum atomic E-state index is 13.4. The number of nitrogens with one attached hydrogen (secondary N) is 2. The van der Waals surface area contributed by atoms with E-state index >= 15 is 0 Å². The molecule has 2 amide bonds. The minimum atomic E-state index is -1.08. The van der Waals surface area contributed by atoms with Crippen molar-refractivity contribution in [2.75, 3.05) is 25.6 Å². The lowest BCUT2D eigenvalue weighted by atomic mass is 10.2. The fourth-order valence-electron chi connectivity index (χ4n) is 2.63. The maximum Gasteiger partial charge on any atom is 0.287 e. The van der Waals surface area contributed by atoms with Crippen molar-refractivity contribution in [1.29, 1.82) is 0 Å². The SMILES string of the molecule is COCCCNC(=O)c1nc(C(=O)Nc2ccc(F)c(F)c2)c2ccccn12. The Hall–Kier alpha value is -3.33. The van der Waals surface area contributed by atoms with Gasteiger partial charge in [0.05, 0.1) is 5.52 Å². The first kappa shape index (κ1) is 19.4. The summed E-state index contributed by atoms with van der Waals surface area (Å²) < 4.78 is 32.8. The number of ether oxygens (including phenoxy) is 1. The van der Waals surface area contributed by atoms with Crippen LogP contribution in [-0.2, 0) is 4.74 Å². The summed E-state index contributed by atoms with van der Waals surface area (Å²) in [5, 5.41) is 5.18. The molecule has 7 nitrogen and oxygen atoms in total. The molecule has 2 heterocycles. The molecule has 146 valence electrons. The van der Waals surface area contributed by atoms with Gasteiger partial charge in [0.25, 0.3) is 11.8 Å². The molecule has 1 aromatic carbocycles. The largest absolute Gasteiger partial charge is 0.385 e. The molecule has 0 aliphatic rings. The van der Waals surface area contributed by atoms with Crippen LogP contribution >= 0.6 is 0 Å². The number of imidazole rings is 1. The van der Waals surface area contributed by atoms with Crippen molar-refractivity contribution in [3.63, 3.8) is 0 Å². The van der Waals surface area contributed by atoms with Gasteiger partial charge in [0.15, 0.2) is 17.3 Å². The van der Waals surface area contributed by atoms with E-state index in [1.807, 2.05) is 0 Å². The Balaban J connectivity index is 1.85. The van der Waals surface area contributed by atoms with Gasteiger partial charge in [-0.15, -0.1) is 0 Å². The van der Waals surface area contributed by atoms with E-state index in [0.29, 0.717) is 25.1 Å². The molecular formula is C19H18F2N4O3. The lowest BCUT2D eigenvalue weighted by Gasteiger charge is -2.04. The summed E-state index contributed by atoms with van der Waals surface area (Å²) in [7, 11) is 1.57. The third-order valence-electron chi connectivity index (χ3n) is 3.95. The van der Waals surface area contributed by atoms with E-state index in [4.69, 9.17) is 4.74 Å². The van der Waals surface area contributed by atoms with Crippen molar-refractivity contribution in [3.05, 3.63) is 65.7 Å². The number of rotatable bonds is 7. The van der Waals surface area contributed by atoms with Gasteiger partial charge in [-0.05, 0) is 30.7 Å². The maximum absolute atomic E-state index is 13.4. The van der Waals surface area contributed by atoms with Gasteiger partial charge in [-0.25, -0.2) is 13.8 Å². The highest BCUT2D eigenvalue weighted by Gasteiger charge is 2.21. The summed E-state index contributed by atoms with van der Waals surface area (Å²) in [6.07, 6.45) is 2.25. The van der Waals surface area contributed by atoms with Crippen LogP contribution in [0.25, 0.3) is 5.52 Å². The van der Waals surface area contributed by atoms with Crippen LogP contribution in [0.15, 0.2) is 42.6 Å². The van der Waals surface area contributed by atoms with Crippen LogP contribution in [0.1, 0.15) is 27.5 Å². The molecule has 0 radical (unpaired) electrons. The zero-order valence-corrected chi connectivity index (χ0v) is 15.0. The quantitative estimate of drug-likeness (QED) is 0.610. The molecule has 0 saturated carbocycles. The Morgan fingerprint density at radius 3 is 2.71 bits per heavy atom. The first-order valence-corrected chi connectivity index (χ1v) is 8.52. The highest BCUT2D eigenvalue weighted by atomic mass is 19.2. The molecule has 28 heavy (non-hydrogen) atoms. The molecule has 3 rings (SSSR count). The van der Waals surface area contributed by atoms with Crippen molar-refractivity contribution >= 4 is 23.0 Å². The second-order valence-electron chi connectivity index (χ2n) is 5.93. The molecule has 9 heteroatoms. The second kappa shape index (κ2) is 8.57. The summed E-state index contributed by atoms with van der Waals surface area (Å²) in [6.45, 7) is 0.898. The van der Waals surface area contributed by atoms with Crippen LogP contribution in [-0.4, -0.2) is 41.5 Å². The standard InChI is InChI=1S/C19H18F2N4O3/c1-28-10-4-8-22-19(27)17-24-16(15-5-2-3-9-25(15)17)18(26)23-12-6-7-13(20)14(21)11-12/h2-3,5-7,9,11H,4,8,10H2,1H3,(H,22,27)(H,23,26). The second-order valence-corrected chi connectivity index (χ2v) is 5.93. The van der Waals surface area contributed by atoms with Gasteiger partial charge in [-0.3, -0.25) is 14.0 Å². The third kappa shape index (κ3) is 4.15. The first-order chi connectivity index (χ1) is 13.5. The van der Waals surface area contributed by atoms with Crippen molar-refractivity contribution in [1.82, 2.24) is 14.7 Å². The minimum absolute atomic E-state index is 0.00706. The summed E-state index contributed by atoms with van der Waals surface area (Å²) in [6, 6.07) is 8.05. The molecule has 0 bridgehead atoms. The predicted octanol–water partition coefficient (Wildman–Crippen LogP) is 2.63.